The van der Waals surface area contributed by atoms with E-state index in [0.29, 0.717) is 49.1 Å². The summed E-state index contributed by atoms with van der Waals surface area (Å²) < 4.78 is 5.43. The Morgan fingerprint density at radius 2 is 1.59 bits per heavy atom. The molecule has 8 heteroatoms. The Morgan fingerprint density at radius 3 is 2.14 bits per heavy atom. The monoisotopic (exact) mass is 441 g/mol. The average molecular weight is 442 g/mol. The standard InChI is InChI=1S/C21H29Cl2N3O3/c1-21(2,3)29-20(28)26-8-6-15(7-9-26)19(27)25-12-10-24(11-13-25)18-5-4-16(22)14-17(18)23/h4-5,14-15H,6-13H2,1-3H3. The van der Waals surface area contributed by atoms with E-state index in [9.17, 15) is 9.59 Å². The van der Waals surface area contributed by atoms with Crippen molar-refractivity contribution in [2.45, 2.75) is 39.2 Å². The van der Waals surface area contributed by atoms with Gasteiger partial charge in [0.05, 0.1) is 10.7 Å². The van der Waals surface area contributed by atoms with Gasteiger partial charge >= 0.3 is 6.09 Å². The molecule has 0 N–H and O–H groups in total. The summed E-state index contributed by atoms with van der Waals surface area (Å²) in [7, 11) is 0. The summed E-state index contributed by atoms with van der Waals surface area (Å²) >= 11 is 12.3. The van der Waals surface area contributed by atoms with Crippen LogP contribution in [0.1, 0.15) is 33.6 Å². The molecule has 3 rings (SSSR count). The van der Waals surface area contributed by atoms with Gasteiger partial charge in [-0.3, -0.25) is 4.79 Å². The fourth-order valence-corrected chi connectivity index (χ4v) is 4.33. The zero-order valence-electron chi connectivity index (χ0n) is 17.3. The van der Waals surface area contributed by atoms with Gasteiger partial charge in [0, 0.05) is 50.2 Å². The molecular weight excluding hydrogens is 413 g/mol. The molecule has 2 saturated heterocycles. The van der Waals surface area contributed by atoms with Crippen molar-refractivity contribution in [3.63, 3.8) is 0 Å². The minimum Gasteiger partial charge on any atom is -0.444 e. The highest BCUT2D eigenvalue weighted by molar-refractivity contribution is 6.36. The average Bonchev–Trinajstić information content (AvgIpc) is 2.66. The molecule has 160 valence electrons. The number of amides is 2. The molecule has 0 aromatic heterocycles. The lowest BCUT2D eigenvalue weighted by Crippen LogP contribution is -2.52. The molecule has 2 fully saturated rings. The molecule has 1 aromatic carbocycles. The number of rotatable bonds is 2. The Balaban J connectivity index is 1.48. The van der Waals surface area contributed by atoms with Crippen molar-refractivity contribution in [3.8, 4) is 0 Å². The summed E-state index contributed by atoms with van der Waals surface area (Å²) in [5.74, 6) is 0.162. The van der Waals surface area contributed by atoms with Crippen LogP contribution in [0.2, 0.25) is 10.0 Å². The summed E-state index contributed by atoms with van der Waals surface area (Å²) in [5.41, 5.74) is 0.449. The maximum absolute atomic E-state index is 12.9. The highest BCUT2D eigenvalue weighted by Gasteiger charge is 2.33. The van der Waals surface area contributed by atoms with Crippen LogP contribution in [0.5, 0.6) is 0 Å². The second kappa shape index (κ2) is 9.00. The molecule has 0 bridgehead atoms. The normalized spacial score (nSPS) is 18.7. The zero-order chi connectivity index (χ0) is 21.2. The van der Waals surface area contributed by atoms with E-state index in [-0.39, 0.29) is 17.9 Å². The topological polar surface area (TPSA) is 53.1 Å². The van der Waals surface area contributed by atoms with E-state index in [1.54, 1.807) is 11.0 Å². The fourth-order valence-electron chi connectivity index (χ4n) is 3.80. The molecule has 0 aliphatic carbocycles. The maximum Gasteiger partial charge on any atom is 0.410 e. The molecule has 1 aromatic rings. The van der Waals surface area contributed by atoms with Crippen LogP contribution >= 0.6 is 23.2 Å². The van der Waals surface area contributed by atoms with Crippen LogP contribution in [0.3, 0.4) is 0 Å². The molecule has 29 heavy (non-hydrogen) atoms. The van der Waals surface area contributed by atoms with Crippen molar-refractivity contribution in [1.82, 2.24) is 9.80 Å². The lowest BCUT2D eigenvalue weighted by atomic mass is 9.95. The molecule has 2 aliphatic rings. The van der Waals surface area contributed by atoms with Gasteiger partial charge in [-0.05, 0) is 51.8 Å². The molecule has 6 nitrogen and oxygen atoms in total. The van der Waals surface area contributed by atoms with Gasteiger partial charge in [-0.1, -0.05) is 23.2 Å². The summed E-state index contributed by atoms with van der Waals surface area (Å²) in [6.45, 7) is 9.52. The highest BCUT2D eigenvalue weighted by atomic mass is 35.5. The number of hydrogen-bond donors (Lipinski definition) is 0. The van der Waals surface area contributed by atoms with Crippen LogP contribution < -0.4 is 4.90 Å². The van der Waals surface area contributed by atoms with Gasteiger partial charge in [0.15, 0.2) is 0 Å². The van der Waals surface area contributed by atoms with Gasteiger partial charge in [-0.25, -0.2) is 4.79 Å². The molecule has 2 aliphatic heterocycles. The number of benzene rings is 1. The number of nitrogens with zero attached hydrogens (tertiary/aromatic N) is 3. The van der Waals surface area contributed by atoms with E-state index in [1.165, 1.54) is 0 Å². The van der Waals surface area contributed by atoms with Gasteiger partial charge in [0.1, 0.15) is 5.60 Å². The first kappa shape index (κ1) is 22.0. The van der Waals surface area contributed by atoms with Crippen molar-refractivity contribution < 1.29 is 14.3 Å². The van der Waals surface area contributed by atoms with E-state index in [0.717, 1.165) is 18.8 Å². The highest BCUT2D eigenvalue weighted by Crippen LogP contribution is 2.30. The zero-order valence-corrected chi connectivity index (χ0v) is 18.8. The van der Waals surface area contributed by atoms with Gasteiger partial charge in [0.2, 0.25) is 5.91 Å². The Morgan fingerprint density at radius 1 is 0.966 bits per heavy atom. The first-order valence-electron chi connectivity index (χ1n) is 10.1. The maximum atomic E-state index is 12.9. The molecule has 0 radical (unpaired) electrons. The van der Waals surface area contributed by atoms with Gasteiger partial charge in [-0.15, -0.1) is 0 Å². The van der Waals surface area contributed by atoms with Crippen molar-refractivity contribution in [2.24, 2.45) is 5.92 Å². The summed E-state index contributed by atoms with van der Waals surface area (Å²) in [6.07, 6.45) is 1.07. The number of ether oxygens (including phenoxy) is 1. The van der Waals surface area contributed by atoms with Crippen LogP contribution in [0.15, 0.2) is 18.2 Å². The van der Waals surface area contributed by atoms with E-state index in [1.807, 2.05) is 37.8 Å². The number of piperazine rings is 1. The minimum atomic E-state index is -0.504. The van der Waals surface area contributed by atoms with E-state index < -0.39 is 5.60 Å². The van der Waals surface area contributed by atoms with Gasteiger partial charge < -0.3 is 19.4 Å². The third-order valence-corrected chi connectivity index (χ3v) is 5.88. The third-order valence-electron chi connectivity index (χ3n) is 5.34. The van der Waals surface area contributed by atoms with Crippen molar-refractivity contribution >= 4 is 40.9 Å². The number of carbonyl (C=O) groups is 2. The fraction of sp³-hybridized carbons (Fsp3) is 0.619. The van der Waals surface area contributed by atoms with Crippen molar-refractivity contribution in [1.29, 1.82) is 0 Å². The first-order chi connectivity index (χ1) is 13.6. The summed E-state index contributed by atoms with van der Waals surface area (Å²) in [6, 6.07) is 5.50. The van der Waals surface area contributed by atoms with Gasteiger partial charge in [0.25, 0.3) is 0 Å². The molecule has 2 heterocycles. The van der Waals surface area contributed by atoms with E-state index in [2.05, 4.69) is 4.90 Å². The summed E-state index contributed by atoms with van der Waals surface area (Å²) in [5, 5.41) is 1.25. The second-order valence-corrected chi connectivity index (χ2v) is 9.49. The van der Waals surface area contributed by atoms with Crippen LogP contribution in [0, 0.1) is 5.92 Å². The van der Waals surface area contributed by atoms with Crippen LogP contribution in [0.25, 0.3) is 0 Å². The minimum absolute atomic E-state index is 0.0284. The lowest BCUT2D eigenvalue weighted by molar-refractivity contribution is -0.137. The third kappa shape index (κ3) is 5.70. The molecular formula is C21H29Cl2N3O3. The van der Waals surface area contributed by atoms with Crippen molar-refractivity contribution in [2.75, 3.05) is 44.2 Å². The molecule has 0 atom stereocenters. The largest absolute Gasteiger partial charge is 0.444 e. The Bertz CT molecular complexity index is 750. The number of piperidine rings is 1. The molecule has 0 saturated carbocycles. The van der Waals surface area contributed by atoms with Crippen LogP contribution in [-0.2, 0) is 9.53 Å². The molecule has 0 unspecified atom stereocenters. The Labute approximate surface area is 182 Å². The first-order valence-corrected chi connectivity index (χ1v) is 10.9. The second-order valence-electron chi connectivity index (χ2n) is 8.65. The Hall–Kier alpha value is -1.66. The van der Waals surface area contributed by atoms with E-state index >= 15 is 0 Å². The quantitative estimate of drug-likeness (QED) is 0.686. The van der Waals surface area contributed by atoms with Crippen LogP contribution in [0.4, 0.5) is 10.5 Å². The van der Waals surface area contributed by atoms with Crippen molar-refractivity contribution in [3.05, 3.63) is 28.2 Å². The van der Waals surface area contributed by atoms with E-state index in [4.69, 9.17) is 27.9 Å². The molecule has 2 amide bonds. The van der Waals surface area contributed by atoms with Crippen LogP contribution in [-0.4, -0.2) is 66.7 Å². The number of carbonyl (C=O) groups excluding carboxylic acids is 2. The van der Waals surface area contributed by atoms with Gasteiger partial charge in [-0.2, -0.15) is 0 Å². The molecule has 0 spiro atoms. The Kier molecular flexibility index (Phi) is 6.84. The SMILES string of the molecule is CC(C)(C)OC(=O)N1CCC(C(=O)N2CCN(c3ccc(Cl)cc3Cl)CC2)CC1. The number of hydrogen-bond acceptors (Lipinski definition) is 4. The predicted molar refractivity (Wildman–Crippen MR) is 116 cm³/mol. The smallest absolute Gasteiger partial charge is 0.410 e. The number of halogens is 2. The predicted octanol–water partition coefficient (Wildman–Crippen LogP) is 4.29. The summed E-state index contributed by atoms with van der Waals surface area (Å²) in [4.78, 5) is 31.0. The lowest BCUT2D eigenvalue weighted by Gasteiger charge is -2.39. The number of anilines is 1. The number of likely N-dealkylation sites (tertiary alicyclic amines) is 1.